The van der Waals surface area contributed by atoms with Crippen LogP contribution >= 0.6 is 0 Å². The molecule has 0 bridgehead atoms. The summed E-state index contributed by atoms with van der Waals surface area (Å²) in [6.07, 6.45) is 3.48. The zero-order chi connectivity index (χ0) is 23.8. The number of hydrogen-bond donors (Lipinski definition) is 1. The maximum Gasteiger partial charge on any atom is 0.241 e. The van der Waals surface area contributed by atoms with Gasteiger partial charge >= 0.3 is 0 Å². The average Bonchev–Trinajstić information content (AvgIpc) is 3.32. The third-order valence-corrected chi connectivity index (χ3v) is 6.29. The number of para-hydroxylation sites is 1. The fourth-order valence-electron chi connectivity index (χ4n) is 4.32. The van der Waals surface area contributed by atoms with E-state index in [1.807, 2.05) is 49.4 Å². The molecule has 0 atom stereocenters. The topological polar surface area (TPSA) is 80.5 Å². The van der Waals surface area contributed by atoms with Crippen molar-refractivity contribution in [2.45, 2.75) is 46.1 Å². The van der Waals surface area contributed by atoms with Crippen LogP contribution in [0.25, 0.3) is 11.4 Å². The first kappa shape index (κ1) is 24.0. The van der Waals surface area contributed by atoms with Crippen LogP contribution in [-0.4, -0.2) is 47.2 Å². The first-order chi connectivity index (χ1) is 16.6. The summed E-state index contributed by atoms with van der Waals surface area (Å²) in [5, 5.41) is 7.24. The van der Waals surface area contributed by atoms with Gasteiger partial charge in [-0.2, -0.15) is 4.98 Å². The van der Waals surface area contributed by atoms with Crippen molar-refractivity contribution in [1.29, 1.82) is 0 Å². The number of piperidine rings is 1. The van der Waals surface area contributed by atoms with E-state index in [-0.39, 0.29) is 11.8 Å². The molecule has 1 aliphatic heterocycles. The SMILES string of the molecule is CCOc1ccccc1CCCNC(=O)C1CCN(Cc2nc(-c3ccc(C)cc3)no2)CC1. The molecule has 180 valence electrons. The highest BCUT2D eigenvalue weighted by Gasteiger charge is 2.25. The third-order valence-electron chi connectivity index (χ3n) is 6.29. The van der Waals surface area contributed by atoms with E-state index in [1.165, 1.54) is 11.1 Å². The molecule has 0 radical (unpaired) electrons. The summed E-state index contributed by atoms with van der Waals surface area (Å²) < 4.78 is 11.1. The molecule has 1 fully saturated rings. The molecule has 0 aliphatic carbocycles. The number of hydrogen-bond acceptors (Lipinski definition) is 6. The molecule has 2 aromatic carbocycles. The second-order valence-corrected chi connectivity index (χ2v) is 8.86. The number of nitrogens with zero attached hydrogens (tertiary/aromatic N) is 3. The Bertz CT molecular complexity index is 1060. The summed E-state index contributed by atoms with van der Waals surface area (Å²) >= 11 is 0. The normalized spacial score (nSPS) is 14.8. The van der Waals surface area contributed by atoms with Gasteiger partial charge in [0, 0.05) is 18.0 Å². The lowest BCUT2D eigenvalue weighted by atomic mass is 9.96. The summed E-state index contributed by atoms with van der Waals surface area (Å²) in [4.78, 5) is 19.5. The maximum atomic E-state index is 12.6. The Hall–Kier alpha value is -3.19. The van der Waals surface area contributed by atoms with Crippen molar-refractivity contribution in [3.63, 3.8) is 0 Å². The Labute approximate surface area is 201 Å². The zero-order valence-corrected chi connectivity index (χ0v) is 20.1. The number of nitrogens with one attached hydrogen (secondary N) is 1. The van der Waals surface area contributed by atoms with Gasteiger partial charge in [0.15, 0.2) is 0 Å². The van der Waals surface area contributed by atoms with Crippen molar-refractivity contribution in [2.75, 3.05) is 26.2 Å². The van der Waals surface area contributed by atoms with Crippen LogP contribution in [0.15, 0.2) is 53.1 Å². The van der Waals surface area contributed by atoms with Gasteiger partial charge in [-0.3, -0.25) is 9.69 Å². The summed E-state index contributed by atoms with van der Waals surface area (Å²) in [7, 11) is 0. The lowest BCUT2D eigenvalue weighted by molar-refractivity contribution is -0.126. The molecular weight excluding hydrogens is 428 g/mol. The molecule has 1 aromatic heterocycles. The molecule has 0 unspecified atom stereocenters. The number of rotatable bonds is 10. The van der Waals surface area contributed by atoms with Crippen LogP contribution in [0.4, 0.5) is 0 Å². The minimum absolute atomic E-state index is 0.0674. The van der Waals surface area contributed by atoms with Crippen LogP contribution in [0.2, 0.25) is 0 Å². The van der Waals surface area contributed by atoms with E-state index in [0.29, 0.717) is 31.4 Å². The number of benzene rings is 2. The molecule has 7 nitrogen and oxygen atoms in total. The average molecular weight is 463 g/mol. The van der Waals surface area contributed by atoms with Crippen molar-refractivity contribution in [3.05, 3.63) is 65.5 Å². The van der Waals surface area contributed by atoms with E-state index in [0.717, 1.165) is 50.1 Å². The molecule has 1 saturated heterocycles. The van der Waals surface area contributed by atoms with Crippen molar-refractivity contribution < 1.29 is 14.1 Å². The van der Waals surface area contributed by atoms with Gasteiger partial charge in [0.2, 0.25) is 17.6 Å². The minimum Gasteiger partial charge on any atom is -0.494 e. The highest BCUT2D eigenvalue weighted by Crippen LogP contribution is 2.22. The molecular formula is C27H34N4O3. The highest BCUT2D eigenvalue weighted by atomic mass is 16.5. The van der Waals surface area contributed by atoms with Crippen LogP contribution in [0.1, 0.15) is 43.2 Å². The molecule has 7 heteroatoms. The zero-order valence-electron chi connectivity index (χ0n) is 20.1. The van der Waals surface area contributed by atoms with Crippen molar-refractivity contribution in [3.8, 4) is 17.1 Å². The highest BCUT2D eigenvalue weighted by molar-refractivity contribution is 5.78. The number of aryl methyl sites for hydroxylation is 2. The van der Waals surface area contributed by atoms with Crippen molar-refractivity contribution >= 4 is 5.91 Å². The van der Waals surface area contributed by atoms with Crippen LogP contribution in [0.3, 0.4) is 0 Å². The van der Waals surface area contributed by atoms with Crippen LogP contribution in [0, 0.1) is 12.8 Å². The van der Waals surface area contributed by atoms with Crippen molar-refractivity contribution in [1.82, 2.24) is 20.4 Å². The maximum absolute atomic E-state index is 12.6. The molecule has 0 saturated carbocycles. The van der Waals surface area contributed by atoms with E-state index in [1.54, 1.807) is 0 Å². The summed E-state index contributed by atoms with van der Waals surface area (Å²) in [5.41, 5.74) is 3.35. The molecule has 1 N–H and O–H groups in total. The number of likely N-dealkylation sites (tertiary alicyclic amines) is 1. The van der Waals surface area contributed by atoms with E-state index >= 15 is 0 Å². The van der Waals surface area contributed by atoms with E-state index in [9.17, 15) is 4.79 Å². The molecule has 34 heavy (non-hydrogen) atoms. The fraction of sp³-hybridized carbons (Fsp3) is 0.444. The van der Waals surface area contributed by atoms with E-state index in [4.69, 9.17) is 9.26 Å². The number of ether oxygens (including phenoxy) is 1. The number of carbonyl (C=O) groups excluding carboxylic acids is 1. The Morgan fingerprint density at radius 2 is 1.91 bits per heavy atom. The Balaban J connectivity index is 1.17. The smallest absolute Gasteiger partial charge is 0.241 e. The molecule has 1 amide bonds. The number of aromatic nitrogens is 2. The Morgan fingerprint density at radius 3 is 2.68 bits per heavy atom. The lowest BCUT2D eigenvalue weighted by Gasteiger charge is -2.30. The van der Waals surface area contributed by atoms with Crippen LogP contribution in [-0.2, 0) is 17.8 Å². The van der Waals surface area contributed by atoms with Gasteiger partial charge in [0.05, 0.1) is 13.2 Å². The summed E-state index contributed by atoms with van der Waals surface area (Å²) in [5.74, 6) is 2.41. The second-order valence-electron chi connectivity index (χ2n) is 8.86. The van der Waals surface area contributed by atoms with Crippen LogP contribution < -0.4 is 10.1 Å². The molecule has 3 aromatic rings. The van der Waals surface area contributed by atoms with E-state index in [2.05, 4.69) is 33.3 Å². The van der Waals surface area contributed by atoms with Crippen LogP contribution in [0.5, 0.6) is 5.75 Å². The number of carbonyl (C=O) groups is 1. The van der Waals surface area contributed by atoms with Gasteiger partial charge in [-0.1, -0.05) is 53.2 Å². The van der Waals surface area contributed by atoms with Gasteiger partial charge in [-0.25, -0.2) is 0 Å². The van der Waals surface area contributed by atoms with Gasteiger partial charge in [-0.15, -0.1) is 0 Å². The number of amides is 1. The quantitative estimate of drug-likeness (QED) is 0.450. The lowest BCUT2D eigenvalue weighted by Crippen LogP contribution is -2.40. The standard InChI is InChI=1S/C27H34N4O3/c1-3-33-24-9-5-4-7-21(24)8-6-16-28-27(32)23-14-17-31(18-15-23)19-25-29-26(30-34-25)22-12-10-20(2)11-13-22/h4-5,7,9-13,23H,3,6,8,14-19H2,1-2H3,(H,28,32). The second kappa shape index (κ2) is 11.8. The van der Waals surface area contributed by atoms with Crippen molar-refractivity contribution in [2.24, 2.45) is 5.92 Å². The van der Waals surface area contributed by atoms with Gasteiger partial charge in [-0.05, 0) is 64.3 Å². The summed E-state index contributed by atoms with van der Waals surface area (Å²) in [6.45, 7) is 7.71. The fourth-order valence-corrected chi connectivity index (χ4v) is 4.32. The van der Waals surface area contributed by atoms with E-state index < -0.39 is 0 Å². The molecule has 0 spiro atoms. The van der Waals surface area contributed by atoms with Gasteiger partial charge < -0.3 is 14.6 Å². The minimum atomic E-state index is 0.0674. The molecule has 4 rings (SSSR count). The largest absolute Gasteiger partial charge is 0.494 e. The first-order valence-corrected chi connectivity index (χ1v) is 12.2. The predicted molar refractivity (Wildman–Crippen MR) is 131 cm³/mol. The van der Waals surface area contributed by atoms with Gasteiger partial charge in [0.1, 0.15) is 5.75 Å². The molecule has 1 aliphatic rings. The monoisotopic (exact) mass is 462 g/mol. The Morgan fingerprint density at radius 1 is 1.15 bits per heavy atom. The first-order valence-electron chi connectivity index (χ1n) is 12.2. The Kier molecular flexibility index (Phi) is 8.31. The third kappa shape index (κ3) is 6.44. The summed E-state index contributed by atoms with van der Waals surface area (Å²) in [6, 6.07) is 16.2. The van der Waals surface area contributed by atoms with Gasteiger partial charge in [0.25, 0.3) is 0 Å². The predicted octanol–water partition coefficient (Wildman–Crippen LogP) is 4.40. The molecule has 2 heterocycles.